The zero-order chi connectivity index (χ0) is 28.2. The molecule has 214 valence electrons. The molecule has 2 amide bonds. The summed E-state index contributed by atoms with van der Waals surface area (Å²) in [5, 5.41) is 8.85. The number of rotatable bonds is 16. The fraction of sp³-hybridized carbons (Fsp3) is 0.567. The lowest BCUT2D eigenvalue weighted by Gasteiger charge is -2.27. The van der Waals surface area contributed by atoms with Gasteiger partial charge in [-0.15, -0.1) is 0 Å². The number of halogens is 1. The van der Waals surface area contributed by atoms with E-state index in [1.807, 2.05) is 30.3 Å². The maximum Gasteiger partial charge on any atom is 0.416 e. The van der Waals surface area contributed by atoms with Crippen LogP contribution in [-0.2, 0) is 31.9 Å². The van der Waals surface area contributed by atoms with Crippen LogP contribution in [0.2, 0.25) is 0 Å². The second-order valence-corrected chi connectivity index (χ2v) is 11.0. The van der Waals surface area contributed by atoms with Crippen LogP contribution in [0.4, 0.5) is 4.79 Å². The predicted molar refractivity (Wildman–Crippen MR) is 150 cm³/mol. The van der Waals surface area contributed by atoms with Crippen molar-refractivity contribution in [2.24, 2.45) is 5.92 Å². The van der Waals surface area contributed by atoms with Crippen LogP contribution in [0.15, 0.2) is 45.3 Å². The Labute approximate surface area is 239 Å². The molecule has 1 N–H and O–H groups in total. The van der Waals surface area contributed by atoms with Crippen LogP contribution in [0, 0.1) is 5.92 Å². The normalized spacial score (nSPS) is 16.7. The van der Waals surface area contributed by atoms with Crippen molar-refractivity contribution in [3.63, 3.8) is 0 Å². The monoisotopic (exact) mass is 605 g/mol. The second kappa shape index (κ2) is 15.8. The molecule has 1 aromatic carbocycles. The number of ether oxygens (including phenoxy) is 2. The van der Waals surface area contributed by atoms with E-state index < -0.39 is 36.0 Å². The van der Waals surface area contributed by atoms with Gasteiger partial charge in [-0.3, -0.25) is 9.59 Å². The van der Waals surface area contributed by atoms with Gasteiger partial charge in [-0.2, -0.15) is 0 Å². The van der Waals surface area contributed by atoms with E-state index in [4.69, 9.17) is 19.0 Å². The maximum absolute atomic E-state index is 13.6. The van der Waals surface area contributed by atoms with E-state index in [0.29, 0.717) is 12.2 Å². The van der Waals surface area contributed by atoms with Gasteiger partial charge in [-0.1, -0.05) is 68.9 Å². The summed E-state index contributed by atoms with van der Waals surface area (Å²) >= 11 is 3.55. The van der Waals surface area contributed by atoms with Crippen molar-refractivity contribution in [2.75, 3.05) is 13.2 Å². The average Bonchev–Trinajstić information content (AvgIpc) is 3.47. The number of imide groups is 1. The molecule has 3 atom stereocenters. The Morgan fingerprint density at radius 2 is 1.72 bits per heavy atom. The quantitative estimate of drug-likeness (QED) is 0.171. The fourth-order valence-electron chi connectivity index (χ4n) is 4.90. The van der Waals surface area contributed by atoms with E-state index >= 15 is 0 Å². The molecular weight excluding hydrogens is 566 g/mol. The minimum atomic E-state index is -0.982. The lowest BCUT2D eigenvalue weighted by Crippen LogP contribution is -2.44. The van der Waals surface area contributed by atoms with Crippen LogP contribution in [0.3, 0.4) is 0 Å². The molecule has 8 nitrogen and oxygen atoms in total. The number of nitrogens with zero attached hydrogens (tertiary/aromatic N) is 1. The first-order chi connectivity index (χ1) is 18.8. The molecule has 0 aliphatic carbocycles. The van der Waals surface area contributed by atoms with E-state index in [-0.39, 0.29) is 13.2 Å². The lowest BCUT2D eigenvalue weighted by molar-refractivity contribution is -0.154. The number of amides is 2. The lowest BCUT2D eigenvalue weighted by atomic mass is 9.98. The van der Waals surface area contributed by atoms with Gasteiger partial charge in [-0.25, -0.2) is 9.69 Å². The number of aliphatic hydroxyl groups is 1. The Bertz CT molecular complexity index is 1070. The third-order valence-electron chi connectivity index (χ3n) is 7.02. The molecule has 3 rings (SSSR count). The molecule has 1 aliphatic heterocycles. The predicted octanol–water partition coefficient (Wildman–Crippen LogP) is 6.53. The Kier molecular flexibility index (Phi) is 12.5. The number of carbonyl (C=O) groups excluding carboxylic acids is 3. The SMILES string of the molecule is CC(=O)OC(c1cc(Br)c(CCCCCCCCCCO)o1)C(C)C(=O)N1C(=O)OCC1Cc1ccccc1. The van der Waals surface area contributed by atoms with E-state index in [1.165, 1.54) is 19.8 Å². The van der Waals surface area contributed by atoms with E-state index in [9.17, 15) is 14.4 Å². The highest BCUT2D eigenvalue weighted by atomic mass is 79.9. The number of aryl methyl sites for hydroxylation is 1. The highest BCUT2D eigenvalue weighted by molar-refractivity contribution is 9.10. The van der Waals surface area contributed by atoms with Crippen molar-refractivity contribution in [1.82, 2.24) is 4.90 Å². The smallest absolute Gasteiger partial charge is 0.416 e. The molecule has 39 heavy (non-hydrogen) atoms. The van der Waals surface area contributed by atoms with Gasteiger partial charge in [0.25, 0.3) is 0 Å². The van der Waals surface area contributed by atoms with Crippen molar-refractivity contribution in [1.29, 1.82) is 0 Å². The van der Waals surface area contributed by atoms with E-state index in [0.717, 1.165) is 65.6 Å². The highest BCUT2D eigenvalue weighted by Crippen LogP contribution is 2.35. The van der Waals surface area contributed by atoms with Crippen LogP contribution in [0.25, 0.3) is 0 Å². The first-order valence-corrected chi connectivity index (χ1v) is 14.7. The largest absolute Gasteiger partial charge is 0.461 e. The van der Waals surface area contributed by atoms with Crippen LogP contribution in [-0.4, -0.2) is 47.2 Å². The van der Waals surface area contributed by atoms with Gasteiger partial charge in [0.1, 0.15) is 18.1 Å². The van der Waals surface area contributed by atoms with Gasteiger partial charge < -0.3 is 19.0 Å². The Morgan fingerprint density at radius 3 is 2.36 bits per heavy atom. The molecule has 3 unspecified atom stereocenters. The van der Waals surface area contributed by atoms with Crippen LogP contribution in [0.5, 0.6) is 0 Å². The molecule has 1 aromatic heterocycles. The zero-order valence-corrected chi connectivity index (χ0v) is 24.5. The number of furan rings is 1. The maximum atomic E-state index is 13.6. The minimum absolute atomic E-state index is 0.115. The number of unbranched alkanes of at least 4 members (excludes halogenated alkanes) is 7. The summed E-state index contributed by atoms with van der Waals surface area (Å²) in [6, 6.07) is 10.9. The zero-order valence-electron chi connectivity index (χ0n) is 22.9. The van der Waals surface area contributed by atoms with Crippen molar-refractivity contribution < 1.29 is 33.4 Å². The molecule has 1 aliphatic rings. The molecule has 0 radical (unpaired) electrons. The van der Waals surface area contributed by atoms with E-state index in [2.05, 4.69) is 15.9 Å². The number of carbonyl (C=O) groups is 3. The van der Waals surface area contributed by atoms with E-state index in [1.54, 1.807) is 13.0 Å². The highest BCUT2D eigenvalue weighted by Gasteiger charge is 2.43. The number of cyclic esters (lactones) is 1. The fourth-order valence-corrected chi connectivity index (χ4v) is 5.40. The van der Waals surface area contributed by atoms with Crippen LogP contribution >= 0.6 is 15.9 Å². The second-order valence-electron chi connectivity index (χ2n) is 10.2. The molecule has 1 fully saturated rings. The molecule has 2 aromatic rings. The first kappa shape index (κ1) is 30.9. The van der Waals surface area contributed by atoms with Gasteiger partial charge in [0, 0.05) is 20.0 Å². The van der Waals surface area contributed by atoms with Gasteiger partial charge in [0.15, 0.2) is 6.10 Å². The molecule has 1 saturated heterocycles. The first-order valence-electron chi connectivity index (χ1n) is 13.9. The van der Waals surface area contributed by atoms with Gasteiger partial charge in [-0.05, 0) is 53.7 Å². The summed E-state index contributed by atoms with van der Waals surface area (Å²) in [6.07, 6.45) is 8.16. The van der Waals surface area contributed by atoms with Crippen molar-refractivity contribution in [3.05, 3.63) is 58.0 Å². The summed E-state index contributed by atoms with van der Waals surface area (Å²) in [4.78, 5) is 39.3. The number of esters is 1. The summed E-state index contributed by atoms with van der Waals surface area (Å²) in [5.74, 6) is -0.777. The number of hydrogen-bond acceptors (Lipinski definition) is 7. The van der Waals surface area contributed by atoms with Gasteiger partial charge in [0.05, 0.1) is 16.4 Å². The van der Waals surface area contributed by atoms with Crippen molar-refractivity contribution in [3.8, 4) is 0 Å². The standard InChI is InChI=1S/C30H40BrNO7/c1-21(29(35)32-24(20-37-30(32)36)18-23-14-10-9-11-15-23)28(38-22(2)34)27-19-25(31)26(39-27)16-12-7-5-3-4-6-8-13-17-33/h9-11,14-15,19,21,24,28,33H,3-8,12-13,16-18,20H2,1-2H3. The average molecular weight is 607 g/mol. The van der Waals surface area contributed by atoms with Crippen molar-refractivity contribution >= 4 is 33.9 Å². The molecule has 0 spiro atoms. The molecule has 2 heterocycles. The topological polar surface area (TPSA) is 106 Å². The number of aliphatic hydroxyl groups excluding tert-OH is 1. The Hall–Kier alpha value is -2.65. The van der Waals surface area contributed by atoms with Crippen LogP contribution in [0.1, 0.15) is 88.4 Å². The molecule has 9 heteroatoms. The molecule has 0 saturated carbocycles. The van der Waals surface area contributed by atoms with Gasteiger partial charge >= 0.3 is 12.1 Å². The molecule has 0 bridgehead atoms. The minimum Gasteiger partial charge on any atom is -0.461 e. The third-order valence-corrected chi connectivity index (χ3v) is 7.69. The third kappa shape index (κ3) is 9.21. The number of benzene rings is 1. The number of hydrogen-bond donors (Lipinski definition) is 1. The summed E-state index contributed by atoms with van der Waals surface area (Å²) in [6.45, 7) is 3.31. The van der Waals surface area contributed by atoms with Crippen molar-refractivity contribution in [2.45, 2.75) is 90.2 Å². The van der Waals surface area contributed by atoms with Gasteiger partial charge in [0.2, 0.25) is 5.91 Å². The Balaban J connectivity index is 1.62. The Morgan fingerprint density at radius 1 is 1.08 bits per heavy atom. The summed E-state index contributed by atoms with van der Waals surface area (Å²) in [7, 11) is 0. The molecular formula is C30H40BrNO7. The van der Waals surface area contributed by atoms with Crippen LogP contribution < -0.4 is 0 Å². The summed E-state index contributed by atoms with van der Waals surface area (Å²) in [5.41, 5.74) is 0.990. The summed E-state index contributed by atoms with van der Waals surface area (Å²) < 4.78 is 17.7.